The summed E-state index contributed by atoms with van der Waals surface area (Å²) in [6.07, 6.45) is 1.28. The van der Waals surface area contributed by atoms with Gasteiger partial charge in [0.2, 0.25) is 0 Å². The van der Waals surface area contributed by atoms with Crippen LogP contribution in [0.2, 0.25) is 0 Å². The third-order valence-electron chi connectivity index (χ3n) is 3.60. The van der Waals surface area contributed by atoms with Crippen LogP contribution in [0.25, 0.3) is 17.0 Å². The lowest BCUT2D eigenvalue weighted by atomic mass is 10.1. The van der Waals surface area contributed by atoms with Gasteiger partial charge in [0.25, 0.3) is 0 Å². The first-order valence-corrected chi connectivity index (χ1v) is 7.44. The lowest BCUT2D eigenvalue weighted by molar-refractivity contribution is -0.139. The normalized spacial score (nSPS) is 11.2. The summed E-state index contributed by atoms with van der Waals surface area (Å²) in [5, 5.41) is 28.9. The molecule has 3 N–H and O–H groups in total. The average molecular weight is 334 g/mol. The summed E-state index contributed by atoms with van der Waals surface area (Å²) in [7, 11) is 0. The van der Waals surface area contributed by atoms with Crippen LogP contribution >= 0.6 is 0 Å². The van der Waals surface area contributed by atoms with E-state index in [1.54, 1.807) is 6.07 Å². The number of phenols is 2. The van der Waals surface area contributed by atoms with Crippen molar-refractivity contribution in [2.75, 3.05) is 0 Å². The fraction of sp³-hybridized carbons (Fsp3) is 0.0526. The number of ether oxygens (including phenoxy) is 1. The number of aromatic amines is 1. The summed E-state index contributed by atoms with van der Waals surface area (Å²) in [6.45, 7) is 0.00730. The van der Waals surface area contributed by atoms with Gasteiger partial charge in [0.1, 0.15) is 18.2 Å². The van der Waals surface area contributed by atoms with Crippen molar-refractivity contribution in [3.8, 4) is 17.6 Å². The molecule has 0 fully saturated rings. The molecule has 0 aliphatic heterocycles. The van der Waals surface area contributed by atoms with Crippen LogP contribution in [0.15, 0.2) is 54.1 Å². The van der Waals surface area contributed by atoms with Crippen molar-refractivity contribution in [2.45, 2.75) is 6.61 Å². The molecule has 0 amide bonds. The number of carbonyl (C=O) groups excluding carboxylic acids is 1. The van der Waals surface area contributed by atoms with E-state index in [1.807, 2.05) is 30.3 Å². The number of fused-ring (bicyclic) bond motifs is 1. The van der Waals surface area contributed by atoms with Crippen molar-refractivity contribution in [3.05, 3.63) is 65.4 Å². The Bertz CT molecular complexity index is 979. The molecule has 0 unspecified atom stereocenters. The molecule has 1 heterocycles. The van der Waals surface area contributed by atoms with E-state index >= 15 is 0 Å². The molecule has 3 rings (SSSR count). The molecule has 0 radical (unpaired) electrons. The summed E-state index contributed by atoms with van der Waals surface area (Å²) in [5.74, 6) is -1.39. The molecular formula is C19H14N2O4. The molecule has 0 atom stereocenters. The average Bonchev–Trinajstić information content (AvgIpc) is 3.03. The fourth-order valence-electron chi connectivity index (χ4n) is 2.37. The van der Waals surface area contributed by atoms with Crippen LogP contribution in [0.1, 0.15) is 11.3 Å². The number of nitrogens with one attached hydrogen (secondary N) is 1. The second-order valence-corrected chi connectivity index (χ2v) is 5.38. The van der Waals surface area contributed by atoms with Gasteiger partial charge >= 0.3 is 5.97 Å². The van der Waals surface area contributed by atoms with Crippen molar-refractivity contribution in [2.24, 2.45) is 0 Å². The van der Waals surface area contributed by atoms with E-state index in [-0.39, 0.29) is 23.7 Å². The van der Waals surface area contributed by atoms with Crippen molar-refractivity contribution in [1.82, 2.24) is 4.98 Å². The molecule has 6 heteroatoms. The largest absolute Gasteiger partial charge is 0.504 e. The molecule has 25 heavy (non-hydrogen) atoms. The third kappa shape index (κ3) is 3.62. The smallest absolute Gasteiger partial charge is 0.349 e. The maximum absolute atomic E-state index is 12.1. The van der Waals surface area contributed by atoms with Crippen LogP contribution in [-0.2, 0) is 16.1 Å². The highest BCUT2D eigenvalue weighted by Crippen LogP contribution is 2.26. The number of benzene rings is 2. The Morgan fingerprint density at radius 2 is 1.96 bits per heavy atom. The van der Waals surface area contributed by atoms with Gasteiger partial charge in [0.05, 0.1) is 5.69 Å². The van der Waals surface area contributed by atoms with Crippen LogP contribution in [0.3, 0.4) is 0 Å². The van der Waals surface area contributed by atoms with E-state index in [4.69, 9.17) is 10.00 Å². The molecule has 1 aromatic heterocycles. The maximum atomic E-state index is 12.1. The lowest BCUT2D eigenvalue weighted by Crippen LogP contribution is -2.07. The zero-order chi connectivity index (χ0) is 17.8. The van der Waals surface area contributed by atoms with Gasteiger partial charge in [-0.15, -0.1) is 0 Å². The van der Waals surface area contributed by atoms with Gasteiger partial charge in [-0.2, -0.15) is 5.26 Å². The number of carbonyl (C=O) groups is 1. The standard InChI is InChI=1S/C19H14N2O4/c20-10-14(7-12-5-6-17(22)18(23)8-12)19(24)25-11-15-9-13-3-1-2-4-16(13)21-15/h1-9,21-23H,11H2/b14-7+. The highest BCUT2D eigenvalue weighted by atomic mass is 16.5. The lowest BCUT2D eigenvalue weighted by Gasteiger charge is -2.03. The monoisotopic (exact) mass is 334 g/mol. The molecule has 124 valence electrons. The second kappa shape index (κ2) is 6.81. The molecule has 0 aliphatic rings. The second-order valence-electron chi connectivity index (χ2n) is 5.38. The Labute approximate surface area is 143 Å². The van der Waals surface area contributed by atoms with Crippen LogP contribution in [0.4, 0.5) is 0 Å². The van der Waals surface area contributed by atoms with Gasteiger partial charge in [-0.3, -0.25) is 0 Å². The van der Waals surface area contributed by atoms with E-state index in [2.05, 4.69) is 4.98 Å². The Hall–Kier alpha value is -3.72. The summed E-state index contributed by atoms with van der Waals surface area (Å²) in [5.41, 5.74) is 1.84. The van der Waals surface area contributed by atoms with Gasteiger partial charge in [-0.25, -0.2) is 4.79 Å². The topological polar surface area (TPSA) is 106 Å². The van der Waals surface area contributed by atoms with E-state index < -0.39 is 5.97 Å². The summed E-state index contributed by atoms with van der Waals surface area (Å²) in [4.78, 5) is 15.2. The first-order valence-electron chi connectivity index (χ1n) is 7.44. The van der Waals surface area contributed by atoms with Crippen molar-refractivity contribution in [3.63, 3.8) is 0 Å². The predicted molar refractivity (Wildman–Crippen MR) is 91.5 cm³/mol. The number of phenolic OH excluding ortho intramolecular Hbond substituents is 2. The molecule has 3 aromatic rings. The number of nitrogens with zero attached hydrogens (tertiary/aromatic N) is 1. The first kappa shape index (κ1) is 16.1. The Kier molecular flexibility index (Phi) is 4.40. The molecule has 2 aromatic carbocycles. The van der Waals surface area contributed by atoms with E-state index in [9.17, 15) is 15.0 Å². The zero-order valence-electron chi connectivity index (χ0n) is 13.1. The number of hydrogen-bond donors (Lipinski definition) is 3. The van der Waals surface area contributed by atoms with Crippen molar-refractivity contribution < 1.29 is 19.7 Å². The van der Waals surface area contributed by atoms with E-state index in [0.29, 0.717) is 11.3 Å². The van der Waals surface area contributed by atoms with E-state index in [1.165, 1.54) is 24.3 Å². The number of para-hydroxylation sites is 1. The molecule has 0 spiro atoms. The molecule has 0 aliphatic carbocycles. The number of aromatic nitrogens is 1. The predicted octanol–water partition coefficient (Wildman–Crippen LogP) is 3.23. The Morgan fingerprint density at radius 3 is 2.68 bits per heavy atom. The molecule has 0 bridgehead atoms. The van der Waals surface area contributed by atoms with Gasteiger partial charge in [0, 0.05) is 5.52 Å². The van der Waals surface area contributed by atoms with Crippen LogP contribution in [0, 0.1) is 11.3 Å². The number of aromatic hydroxyl groups is 2. The van der Waals surface area contributed by atoms with Crippen LogP contribution < -0.4 is 0 Å². The van der Waals surface area contributed by atoms with Gasteiger partial charge in [0.15, 0.2) is 11.5 Å². The maximum Gasteiger partial charge on any atom is 0.349 e. The summed E-state index contributed by atoms with van der Waals surface area (Å²) >= 11 is 0. The van der Waals surface area contributed by atoms with Gasteiger partial charge < -0.3 is 19.9 Å². The Morgan fingerprint density at radius 1 is 1.16 bits per heavy atom. The highest BCUT2D eigenvalue weighted by molar-refractivity contribution is 5.98. The number of H-pyrrole nitrogens is 1. The number of rotatable bonds is 4. The van der Waals surface area contributed by atoms with Gasteiger partial charge in [-0.05, 0) is 41.3 Å². The number of nitriles is 1. The van der Waals surface area contributed by atoms with Crippen LogP contribution in [0.5, 0.6) is 11.5 Å². The van der Waals surface area contributed by atoms with E-state index in [0.717, 1.165) is 10.9 Å². The quantitative estimate of drug-likeness (QED) is 0.294. The minimum absolute atomic E-state index is 0.00730. The number of esters is 1. The molecular weight excluding hydrogens is 320 g/mol. The molecule has 0 saturated carbocycles. The minimum atomic E-state index is -0.770. The number of hydrogen-bond acceptors (Lipinski definition) is 5. The van der Waals surface area contributed by atoms with Gasteiger partial charge in [-0.1, -0.05) is 24.3 Å². The minimum Gasteiger partial charge on any atom is -0.504 e. The molecule has 0 saturated heterocycles. The van der Waals surface area contributed by atoms with Crippen LogP contribution in [-0.4, -0.2) is 21.2 Å². The SMILES string of the molecule is N#C/C(=C\c1ccc(O)c(O)c1)C(=O)OCc1cc2ccccc2[nH]1. The summed E-state index contributed by atoms with van der Waals surface area (Å²) in [6, 6.07) is 15.3. The Balaban J connectivity index is 1.72. The fourth-order valence-corrected chi connectivity index (χ4v) is 2.37. The highest BCUT2D eigenvalue weighted by Gasteiger charge is 2.12. The van der Waals surface area contributed by atoms with Crippen molar-refractivity contribution >= 4 is 22.9 Å². The summed E-state index contributed by atoms with van der Waals surface area (Å²) < 4.78 is 5.16. The zero-order valence-corrected chi connectivity index (χ0v) is 13.1. The van der Waals surface area contributed by atoms with Crippen molar-refractivity contribution in [1.29, 1.82) is 5.26 Å². The molecule has 6 nitrogen and oxygen atoms in total. The first-order chi connectivity index (χ1) is 12.1. The third-order valence-corrected chi connectivity index (χ3v) is 3.60.